The molecular weight excluding hydrogens is 308 g/mol. The Morgan fingerprint density at radius 3 is 2.67 bits per heavy atom. The largest absolute Gasteiger partial charge is 0.481 e. The van der Waals surface area contributed by atoms with Crippen molar-refractivity contribution >= 4 is 39.7 Å². The van der Waals surface area contributed by atoms with Crippen LogP contribution in [0.2, 0.25) is 5.02 Å². The van der Waals surface area contributed by atoms with Crippen molar-refractivity contribution in [3.05, 3.63) is 34.9 Å². The molecule has 21 heavy (non-hydrogen) atoms. The van der Waals surface area contributed by atoms with Gasteiger partial charge in [0, 0.05) is 10.4 Å². The van der Waals surface area contributed by atoms with Gasteiger partial charge in [0.05, 0.1) is 29.2 Å². The number of hydrogen-bond donors (Lipinski definition) is 0. The lowest BCUT2D eigenvalue weighted by molar-refractivity contribution is 0.399. The quantitative estimate of drug-likeness (QED) is 0.807. The topological polar surface area (TPSA) is 51.6 Å². The number of pyridine rings is 1. The Labute approximate surface area is 131 Å². The van der Waals surface area contributed by atoms with E-state index in [2.05, 4.69) is 9.38 Å². The van der Waals surface area contributed by atoms with Crippen LogP contribution in [0.3, 0.4) is 0 Å². The van der Waals surface area contributed by atoms with Crippen LogP contribution in [0.15, 0.2) is 28.7 Å². The zero-order valence-electron chi connectivity index (χ0n) is 12.4. The summed E-state index contributed by atoms with van der Waals surface area (Å²) in [6.07, 6.45) is 1.54. The van der Waals surface area contributed by atoms with Gasteiger partial charge in [0.25, 0.3) is 0 Å². The molecule has 1 heterocycles. The molecule has 0 spiro atoms. The summed E-state index contributed by atoms with van der Waals surface area (Å²) in [6.45, 7) is 5.61. The van der Waals surface area contributed by atoms with Gasteiger partial charge in [0.1, 0.15) is 11.0 Å². The predicted molar refractivity (Wildman–Crippen MR) is 88.8 cm³/mol. The molecule has 1 atom stereocenters. The average molecular weight is 325 g/mol. The number of methoxy groups -OCH3 is 1. The van der Waals surface area contributed by atoms with Gasteiger partial charge in [0.2, 0.25) is 5.88 Å². The molecular formula is C15H17ClN2O2S. The van der Waals surface area contributed by atoms with Crippen molar-refractivity contribution in [2.24, 2.45) is 4.40 Å². The lowest BCUT2D eigenvalue weighted by Gasteiger charge is -2.13. The summed E-state index contributed by atoms with van der Waals surface area (Å²) in [4.78, 5) is 4.40. The third kappa shape index (κ3) is 3.80. The molecule has 0 saturated heterocycles. The van der Waals surface area contributed by atoms with E-state index in [1.165, 1.54) is 6.21 Å². The first kappa shape index (κ1) is 15.9. The third-order valence-corrected chi connectivity index (χ3v) is 4.35. The molecule has 0 aliphatic rings. The molecule has 0 aliphatic carbocycles. The minimum absolute atomic E-state index is 0.405. The molecule has 112 valence electrons. The highest BCUT2D eigenvalue weighted by atomic mass is 35.5. The highest BCUT2D eigenvalue weighted by molar-refractivity contribution is 7.85. The summed E-state index contributed by atoms with van der Waals surface area (Å²) in [6, 6.07) is 7.30. The van der Waals surface area contributed by atoms with Gasteiger partial charge in [-0.1, -0.05) is 11.6 Å². The molecule has 1 unspecified atom stereocenters. The Morgan fingerprint density at radius 2 is 2.05 bits per heavy atom. The van der Waals surface area contributed by atoms with Crippen LogP contribution in [-0.2, 0) is 11.0 Å². The van der Waals surface area contributed by atoms with Gasteiger partial charge in [-0.2, -0.15) is 4.40 Å². The van der Waals surface area contributed by atoms with Crippen LogP contribution in [0, 0.1) is 0 Å². The van der Waals surface area contributed by atoms with E-state index < -0.39 is 15.7 Å². The molecule has 4 nitrogen and oxygen atoms in total. The third-order valence-electron chi connectivity index (χ3n) is 2.77. The number of fused-ring (bicyclic) bond motifs is 1. The second kappa shape index (κ2) is 6.12. The van der Waals surface area contributed by atoms with Crippen molar-refractivity contribution in [2.75, 3.05) is 7.11 Å². The Morgan fingerprint density at radius 1 is 1.33 bits per heavy atom. The summed E-state index contributed by atoms with van der Waals surface area (Å²) in [7, 11) is 0.218. The van der Waals surface area contributed by atoms with Crippen LogP contribution in [0.25, 0.3) is 10.9 Å². The lowest BCUT2D eigenvalue weighted by atomic mass is 10.1. The molecule has 2 rings (SSSR count). The second-order valence-corrected chi connectivity index (χ2v) is 7.89. The normalized spacial score (nSPS) is 13.8. The molecule has 0 N–H and O–H groups in total. The van der Waals surface area contributed by atoms with Crippen LogP contribution in [0.5, 0.6) is 5.88 Å². The molecule has 0 bridgehead atoms. The van der Waals surface area contributed by atoms with Gasteiger partial charge in [-0.05, 0) is 45.0 Å². The Kier molecular flexibility index (Phi) is 4.64. The van der Waals surface area contributed by atoms with Crippen molar-refractivity contribution in [2.45, 2.75) is 25.5 Å². The van der Waals surface area contributed by atoms with Crippen LogP contribution in [0.1, 0.15) is 26.3 Å². The lowest BCUT2D eigenvalue weighted by Crippen LogP contribution is -2.19. The molecule has 6 heteroatoms. The average Bonchev–Trinajstić information content (AvgIpc) is 2.42. The Hall–Kier alpha value is -1.46. The standard InChI is InChI=1S/C15H17ClN2O2S/c1-15(2,3)21(19)17-9-11-7-10-8-12(16)5-6-13(10)18-14(11)20-4/h5-9H,1-4H3/b17-9+. The van der Waals surface area contributed by atoms with E-state index in [4.69, 9.17) is 16.3 Å². The maximum absolute atomic E-state index is 12.0. The summed E-state index contributed by atoms with van der Waals surface area (Å²) >= 11 is 5.99. The smallest absolute Gasteiger partial charge is 0.222 e. The minimum Gasteiger partial charge on any atom is -0.481 e. The monoisotopic (exact) mass is 324 g/mol. The van der Waals surface area contributed by atoms with Crippen LogP contribution < -0.4 is 4.74 Å². The molecule has 1 aromatic heterocycles. The Bertz CT molecular complexity index is 723. The van der Waals surface area contributed by atoms with Crippen LogP contribution in [-0.4, -0.2) is 27.3 Å². The van der Waals surface area contributed by atoms with E-state index in [1.807, 2.05) is 39.0 Å². The Balaban J connectivity index is 2.47. The van der Waals surface area contributed by atoms with E-state index >= 15 is 0 Å². The molecule has 0 fully saturated rings. The number of rotatable bonds is 3. The predicted octanol–water partition coefficient (Wildman–Crippen LogP) is 3.78. The summed E-state index contributed by atoms with van der Waals surface area (Å²) in [5.74, 6) is 0.444. The van der Waals surface area contributed by atoms with Gasteiger partial charge in [-0.3, -0.25) is 0 Å². The first-order chi connectivity index (χ1) is 9.81. The minimum atomic E-state index is -1.33. The summed E-state index contributed by atoms with van der Waals surface area (Å²) in [5, 5.41) is 1.52. The molecule has 0 aliphatic heterocycles. The van der Waals surface area contributed by atoms with Gasteiger partial charge in [0.15, 0.2) is 0 Å². The fourth-order valence-electron chi connectivity index (χ4n) is 1.66. The summed E-state index contributed by atoms with van der Waals surface area (Å²) in [5.41, 5.74) is 1.45. The van der Waals surface area contributed by atoms with Crippen molar-refractivity contribution in [3.63, 3.8) is 0 Å². The van der Waals surface area contributed by atoms with Crippen molar-refractivity contribution < 1.29 is 8.95 Å². The fraction of sp³-hybridized carbons (Fsp3) is 0.333. The molecule has 2 aromatic rings. The number of ether oxygens (including phenoxy) is 1. The van der Waals surface area contributed by atoms with Gasteiger partial charge in [-0.25, -0.2) is 9.19 Å². The highest BCUT2D eigenvalue weighted by Crippen LogP contribution is 2.24. The van der Waals surface area contributed by atoms with E-state index in [1.54, 1.807) is 13.2 Å². The first-order valence-corrected chi connectivity index (χ1v) is 7.90. The van der Waals surface area contributed by atoms with Crippen molar-refractivity contribution in [1.29, 1.82) is 0 Å². The van der Waals surface area contributed by atoms with Gasteiger partial charge in [-0.15, -0.1) is 0 Å². The number of benzene rings is 1. The maximum Gasteiger partial charge on any atom is 0.222 e. The highest BCUT2D eigenvalue weighted by Gasteiger charge is 2.18. The zero-order chi connectivity index (χ0) is 15.6. The molecule has 0 saturated carbocycles. The van der Waals surface area contributed by atoms with Crippen LogP contribution >= 0.6 is 11.6 Å². The fourth-order valence-corrected chi connectivity index (χ4v) is 2.37. The van der Waals surface area contributed by atoms with E-state index in [9.17, 15) is 4.21 Å². The molecule has 1 aromatic carbocycles. The van der Waals surface area contributed by atoms with E-state index in [0.717, 1.165) is 10.9 Å². The maximum atomic E-state index is 12.0. The van der Waals surface area contributed by atoms with Gasteiger partial charge < -0.3 is 4.74 Å². The van der Waals surface area contributed by atoms with Crippen molar-refractivity contribution in [3.8, 4) is 5.88 Å². The zero-order valence-corrected chi connectivity index (χ0v) is 14.0. The number of halogens is 1. The number of hydrogen-bond acceptors (Lipinski definition) is 3. The van der Waals surface area contributed by atoms with E-state index in [0.29, 0.717) is 16.5 Å². The SMILES string of the molecule is COc1nc2ccc(Cl)cc2cc1/C=N/S(=O)C(C)(C)C. The number of aromatic nitrogens is 1. The van der Waals surface area contributed by atoms with Crippen LogP contribution in [0.4, 0.5) is 0 Å². The summed E-state index contributed by atoms with van der Waals surface area (Å²) < 4.78 is 20.9. The number of nitrogens with zero attached hydrogens (tertiary/aromatic N) is 2. The van der Waals surface area contributed by atoms with Crippen molar-refractivity contribution in [1.82, 2.24) is 4.98 Å². The second-order valence-electron chi connectivity index (χ2n) is 5.52. The first-order valence-electron chi connectivity index (χ1n) is 6.41. The van der Waals surface area contributed by atoms with E-state index in [-0.39, 0.29) is 0 Å². The molecule has 0 amide bonds. The molecule has 0 radical (unpaired) electrons. The van der Waals surface area contributed by atoms with Gasteiger partial charge >= 0.3 is 0 Å².